The molecule has 156 valence electrons. The molecule has 9 heteroatoms. The molecule has 0 unspecified atom stereocenters. The molecular weight excluding hydrogens is 457 g/mol. The summed E-state index contributed by atoms with van der Waals surface area (Å²) in [5, 5.41) is 19.5. The molecule has 1 aromatic heterocycles. The van der Waals surface area contributed by atoms with E-state index in [4.69, 9.17) is 27.6 Å². The molecule has 0 aliphatic carbocycles. The van der Waals surface area contributed by atoms with Gasteiger partial charge in [-0.05, 0) is 42.1 Å². The first kappa shape index (κ1) is 21.2. The molecule has 1 aliphatic rings. The van der Waals surface area contributed by atoms with E-state index < -0.39 is 0 Å². The maximum absolute atomic E-state index is 13.0. The number of carbonyl (C=O) groups excluding carboxylic acids is 1. The molecule has 4 rings (SSSR count). The second-order valence-corrected chi connectivity index (χ2v) is 8.20. The van der Waals surface area contributed by atoms with Gasteiger partial charge in [0.2, 0.25) is 0 Å². The molecule has 0 radical (unpaired) electrons. The molecule has 1 amide bonds. The number of para-hydroxylation sites is 1. The quantitative estimate of drug-likeness (QED) is 0.289. The van der Waals surface area contributed by atoms with Gasteiger partial charge in [0.05, 0.1) is 34.0 Å². The highest BCUT2D eigenvalue weighted by molar-refractivity contribution is 8.18. The Balaban J connectivity index is 1.65. The number of hydrogen-bond donors (Lipinski definition) is 1. The van der Waals surface area contributed by atoms with Crippen LogP contribution in [0.4, 0.5) is 0 Å². The van der Waals surface area contributed by atoms with Crippen molar-refractivity contribution in [2.24, 2.45) is 10.2 Å². The Morgan fingerprint density at radius 1 is 1.06 bits per heavy atom. The number of amidine groups is 1. The van der Waals surface area contributed by atoms with Crippen LogP contribution in [0.1, 0.15) is 16.9 Å². The number of furan rings is 1. The molecule has 0 spiro atoms. The van der Waals surface area contributed by atoms with Gasteiger partial charge < -0.3 is 9.52 Å². The van der Waals surface area contributed by atoms with Gasteiger partial charge in [-0.3, -0.25) is 9.69 Å². The smallest absolute Gasteiger partial charge is 0.267 e. The van der Waals surface area contributed by atoms with Crippen molar-refractivity contribution in [3.05, 3.63) is 92.7 Å². The van der Waals surface area contributed by atoms with Gasteiger partial charge in [-0.1, -0.05) is 53.5 Å². The van der Waals surface area contributed by atoms with Crippen molar-refractivity contribution in [3.8, 4) is 5.75 Å². The Bertz CT molecular complexity index is 1210. The lowest BCUT2D eigenvalue weighted by molar-refractivity contribution is -0.122. The van der Waals surface area contributed by atoms with Gasteiger partial charge in [0.1, 0.15) is 11.5 Å². The maximum atomic E-state index is 13.0. The van der Waals surface area contributed by atoms with Crippen molar-refractivity contribution >= 4 is 58.3 Å². The number of benzene rings is 2. The Morgan fingerprint density at radius 3 is 2.65 bits per heavy atom. The first-order valence-electron chi connectivity index (χ1n) is 9.10. The fraction of sp³-hybridized carbons (Fsp3) is 0.0455. The first-order chi connectivity index (χ1) is 15.0. The number of phenolic OH excluding ortho intramolecular Hbond substituents is 1. The molecule has 6 nitrogen and oxygen atoms in total. The summed E-state index contributed by atoms with van der Waals surface area (Å²) in [5.74, 6) is 0.423. The summed E-state index contributed by atoms with van der Waals surface area (Å²) in [5.41, 5.74) is 1.14. The fourth-order valence-electron chi connectivity index (χ4n) is 2.79. The Labute approximate surface area is 192 Å². The number of carbonyl (C=O) groups is 1. The molecule has 3 aromatic rings. The van der Waals surface area contributed by atoms with Crippen molar-refractivity contribution < 1.29 is 14.3 Å². The van der Waals surface area contributed by atoms with Gasteiger partial charge in [0.15, 0.2) is 5.17 Å². The molecule has 2 heterocycles. The van der Waals surface area contributed by atoms with Crippen LogP contribution in [0.25, 0.3) is 6.08 Å². The number of rotatable bonds is 5. The van der Waals surface area contributed by atoms with E-state index in [9.17, 15) is 9.90 Å². The lowest BCUT2D eigenvalue weighted by Crippen LogP contribution is -2.28. The lowest BCUT2D eigenvalue weighted by Gasteiger charge is -2.12. The van der Waals surface area contributed by atoms with Crippen molar-refractivity contribution in [2.45, 2.75) is 6.54 Å². The average molecular weight is 472 g/mol. The molecular formula is C22H15Cl2N3O3S. The molecule has 0 bridgehead atoms. The summed E-state index contributed by atoms with van der Waals surface area (Å²) >= 11 is 13.4. The zero-order valence-electron chi connectivity index (χ0n) is 15.9. The highest BCUT2D eigenvalue weighted by Gasteiger charge is 2.34. The van der Waals surface area contributed by atoms with E-state index >= 15 is 0 Å². The van der Waals surface area contributed by atoms with Crippen LogP contribution >= 0.6 is 35.0 Å². The number of nitrogens with zero attached hydrogens (tertiary/aromatic N) is 3. The third-order valence-electron chi connectivity index (χ3n) is 4.33. The van der Waals surface area contributed by atoms with E-state index in [0.717, 1.165) is 11.8 Å². The van der Waals surface area contributed by atoms with Crippen LogP contribution in [0.2, 0.25) is 10.0 Å². The Hall–Kier alpha value is -3.00. The summed E-state index contributed by atoms with van der Waals surface area (Å²) in [6, 6.07) is 15.5. The SMILES string of the molecule is O=C1/C(=C/c2ccccc2O)S/C(=N/N=C\c2cccc(Cl)c2Cl)N1Cc1ccco1. The number of phenols is 1. The minimum atomic E-state index is -0.264. The van der Waals surface area contributed by atoms with Crippen LogP contribution in [-0.4, -0.2) is 27.3 Å². The van der Waals surface area contributed by atoms with E-state index in [2.05, 4.69) is 10.2 Å². The number of hydrogen-bond acceptors (Lipinski definition) is 6. The van der Waals surface area contributed by atoms with Gasteiger partial charge in [-0.2, -0.15) is 5.10 Å². The van der Waals surface area contributed by atoms with Gasteiger partial charge in [0.25, 0.3) is 5.91 Å². The number of halogens is 2. The predicted octanol–water partition coefficient (Wildman–Crippen LogP) is 5.80. The minimum absolute atomic E-state index is 0.0833. The van der Waals surface area contributed by atoms with Gasteiger partial charge in [-0.25, -0.2) is 0 Å². The molecule has 2 aromatic carbocycles. The third kappa shape index (κ3) is 4.85. The molecule has 1 fully saturated rings. The van der Waals surface area contributed by atoms with Crippen LogP contribution in [0.3, 0.4) is 0 Å². The second-order valence-electron chi connectivity index (χ2n) is 6.41. The standard InChI is InChI=1S/C22H15Cl2N3O3S/c23-17-8-3-6-15(20(17)24)12-25-26-22-27(13-16-7-4-10-30-16)21(29)19(31-22)11-14-5-1-2-9-18(14)28/h1-12,28H,13H2/b19-11-,25-12-,26-22+. The average Bonchev–Trinajstić information content (AvgIpc) is 3.37. The van der Waals surface area contributed by atoms with Crippen molar-refractivity contribution in [1.29, 1.82) is 0 Å². The van der Waals surface area contributed by atoms with Gasteiger partial charge >= 0.3 is 0 Å². The fourth-order valence-corrected chi connectivity index (χ4v) is 4.07. The number of aromatic hydroxyl groups is 1. The van der Waals surface area contributed by atoms with E-state index in [1.807, 2.05) is 0 Å². The van der Waals surface area contributed by atoms with E-state index in [-0.39, 0.29) is 18.2 Å². The normalized spacial score (nSPS) is 16.8. The lowest BCUT2D eigenvalue weighted by atomic mass is 10.2. The van der Waals surface area contributed by atoms with E-state index in [0.29, 0.717) is 37.0 Å². The molecule has 1 saturated heterocycles. The highest BCUT2D eigenvalue weighted by atomic mass is 35.5. The largest absolute Gasteiger partial charge is 0.507 e. The second kappa shape index (κ2) is 9.43. The first-order valence-corrected chi connectivity index (χ1v) is 10.7. The van der Waals surface area contributed by atoms with E-state index in [1.54, 1.807) is 60.7 Å². The molecule has 0 atom stereocenters. The van der Waals surface area contributed by atoms with Crippen LogP contribution in [0, 0.1) is 0 Å². The molecule has 1 N–H and O–H groups in total. The van der Waals surface area contributed by atoms with Crippen molar-refractivity contribution in [3.63, 3.8) is 0 Å². The highest BCUT2D eigenvalue weighted by Crippen LogP contribution is 2.35. The Kier molecular flexibility index (Phi) is 6.46. The van der Waals surface area contributed by atoms with Crippen LogP contribution in [-0.2, 0) is 11.3 Å². The summed E-state index contributed by atoms with van der Waals surface area (Å²) in [6.07, 6.45) is 4.64. The number of thioether (sulfide) groups is 1. The summed E-state index contributed by atoms with van der Waals surface area (Å²) in [6.45, 7) is 0.198. The van der Waals surface area contributed by atoms with Gasteiger partial charge in [-0.15, -0.1) is 5.10 Å². The van der Waals surface area contributed by atoms with Gasteiger partial charge in [0, 0.05) is 11.1 Å². The minimum Gasteiger partial charge on any atom is -0.507 e. The molecule has 31 heavy (non-hydrogen) atoms. The topological polar surface area (TPSA) is 78.4 Å². The zero-order chi connectivity index (χ0) is 21.8. The third-order valence-corrected chi connectivity index (χ3v) is 6.16. The summed E-state index contributed by atoms with van der Waals surface area (Å²) in [7, 11) is 0. The maximum Gasteiger partial charge on any atom is 0.267 e. The predicted molar refractivity (Wildman–Crippen MR) is 124 cm³/mol. The monoisotopic (exact) mass is 471 g/mol. The molecule has 0 saturated carbocycles. The van der Waals surface area contributed by atoms with Crippen molar-refractivity contribution in [2.75, 3.05) is 0 Å². The van der Waals surface area contributed by atoms with Crippen LogP contribution in [0.15, 0.2) is 80.4 Å². The summed E-state index contributed by atoms with van der Waals surface area (Å²) < 4.78 is 5.38. The summed E-state index contributed by atoms with van der Waals surface area (Å²) in [4.78, 5) is 14.9. The number of amides is 1. The van der Waals surface area contributed by atoms with E-state index in [1.165, 1.54) is 17.4 Å². The van der Waals surface area contributed by atoms with Crippen molar-refractivity contribution in [1.82, 2.24) is 4.90 Å². The molecule has 1 aliphatic heterocycles. The van der Waals surface area contributed by atoms with Crippen LogP contribution < -0.4 is 0 Å². The Morgan fingerprint density at radius 2 is 1.87 bits per heavy atom. The zero-order valence-corrected chi connectivity index (χ0v) is 18.2. The van der Waals surface area contributed by atoms with Crippen LogP contribution in [0.5, 0.6) is 5.75 Å².